The minimum Gasteiger partial charge on any atom is -1.00 e. The Bertz CT molecular complexity index is 906. The number of benzene rings is 4. The molecule has 0 heterocycles. The first-order valence-electron chi connectivity index (χ1n) is 11.0. The first-order valence-corrected chi connectivity index (χ1v) is 14.1. The summed E-state index contributed by atoms with van der Waals surface area (Å²) in [6, 6.07) is 43.7. The molecular formula is C29H28ClNOP2Ru. The largest absolute Gasteiger partial charge is 1.00 e. The average molecular weight is 605 g/mol. The molecule has 0 aliphatic carbocycles. The van der Waals surface area contributed by atoms with Crippen molar-refractivity contribution in [2.45, 2.75) is 0 Å². The maximum absolute atomic E-state index is 7.50. The van der Waals surface area contributed by atoms with Crippen LogP contribution in [0.2, 0.25) is 0 Å². The number of halogens is 1. The summed E-state index contributed by atoms with van der Waals surface area (Å²) >= 11 is 0. The number of hydrogen-bond acceptors (Lipinski definition) is 0. The molecule has 0 aliphatic rings. The summed E-state index contributed by atoms with van der Waals surface area (Å²) in [5.74, 6) is 0. The van der Waals surface area contributed by atoms with Gasteiger partial charge in [-0.1, -0.05) is 121 Å². The monoisotopic (exact) mass is 605 g/mol. The van der Waals surface area contributed by atoms with Crippen LogP contribution in [0, 0.1) is 6.65 Å². The molecule has 0 aliphatic heterocycles. The molecule has 35 heavy (non-hydrogen) atoms. The van der Waals surface area contributed by atoms with Crippen LogP contribution in [0.25, 0.3) is 5.32 Å². The van der Waals surface area contributed by atoms with Crippen molar-refractivity contribution in [3.63, 3.8) is 0 Å². The van der Waals surface area contributed by atoms with E-state index >= 15 is 0 Å². The van der Waals surface area contributed by atoms with E-state index in [4.69, 9.17) is 9.97 Å². The summed E-state index contributed by atoms with van der Waals surface area (Å²) in [5, 5.41) is 10.7. The number of hydrogen-bond donors (Lipinski definition) is 0. The van der Waals surface area contributed by atoms with Gasteiger partial charge in [0.05, 0.1) is 0 Å². The van der Waals surface area contributed by atoms with Crippen molar-refractivity contribution >= 4 is 37.1 Å². The Kier molecular flexibility index (Phi) is 16.7. The van der Waals surface area contributed by atoms with Crippen LogP contribution in [0.3, 0.4) is 0 Å². The van der Waals surface area contributed by atoms with Gasteiger partial charge < -0.3 is 17.7 Å². The molecule has 2 radical (unpaired) electrons. The molecule has 0 amide bonds. The second kappa shape index (κ2) is 18.6. The van der Waals surface area contributed by atoms with E-state index in [1.807, 2.05) is 0 Å². The smallest absolute Gasteiger partial charge is 1.00 e. The van der Waals surface area contributed by atoms with E-state index in [1.54, 1.807) is 0 Å². The molecule has 0 fully saturated rings. The fourth-order valence-electron chi connectivity index (χ4n) is 3.70. The minimum absolute atomic E-state index is 0. The van der Waals surface area contributed by atoms with Gasteiger partial charge in [-0.05, 0) is 49.4 Å². The SMILES string of the molecule is [C]#[O+].[Cl-].[Ru+].c1ccc(P(CC[N-]CCP(c2ccccc2)c2ccccc2)c2ccccc2)cc1. The molecule has 0 N–H and O–H groups in total. The van der Waals surface area contributed by atoms with Crippen molar-refractivity contribution in [3.05, 3.63) is 133 Å². The van der Waals surface area contributed by atoms with E-state index in [2.05, 4.69) is 128 Å². The minimum atomic E-state index is -0.359. The second-order valence-electron chi connectivity index (χ2n) is 7.32. The molecule has 4 rings (SSSR count). The van der Waals surface area contributed by atoms with Gasteiger partial charge in [0.2, 0.25) is 0 Å². The first-order chi connectivity index (χ1) is 16.4. The molecule has 0 spiro atoms. The Balaban J connectivity index is 0.00000149. The summed E-state index contributed by atoms with van der Waals surface area (Å²) in [7, 11) is -0.718. The zero-order chi connectivity index (χ0) is 23.1. The third kappa shape index (κ3) is 10.1. The fourth-order valence-corrected chi connectivity index (χ4v) is 8.14. The van der Waals surface area contributed by atoms with Crippen LogP contribution in [0.15, 0.2) is 121 Å². The molecule has 0 bridgehead atoms. The van der Waals surface area contributed by atoms with Crippen LogP contribution in [0.1, 0.15) is 0 Å². The van der Waals surface area contributed by atoms with E-state index in [9.17, 15) is 0 Å². The summed E-state index contributed by atoms with van der Waals surface area (Å²) in [5.41, 5.74) is 0. The van der Waals surface area contributed by atoms with Crippen LogP contribution in [0.4, 0.5) is 0 Å². The van der Waals surface area contributed by atoms with E-state index in [0.717, 1.165) is 25.4 Å². The van der Waals surface area contributed by atoms with Crippen molar-refractivity contribution in [2.24, 2.45) is 0 Å². The molecule has 180 valence electrons. The normalized spacial score (nSPS) is 9.94. The van der Waals surface area contributed by atoms with Crippen LogP contribution >= 0.6 is 15.8 Å². The summed E-state index contributed by atoms with van der Waals surface area (Å²) in [4.78, 5) is 0. The Morgan fingerprint density at radius 1 is 0.486 bits per heavy atom. The van der Waals surface area contributed by atoms with Crippen molar-refractivity contribution in [2.75, 3.05) is 25.4 Å². The van der Waals surface area contributed by atoms with Crippen LogP contribution < -0.4 is 33.6 Å². The molecule has 0 aromatic heterocycles. The molecular weight excluding hydrogens is 577 g/mol. The topological polar surface area (TPSA) is 34.0 Å². The predicted octanol–water partition coefficient (Wildman–Crippen LogP) is 2.59. The third-order valence-corrected chi connectivity index (χ3v) is 10.2. The van der Waals surface area contributed by atoms with E-state index < -0.39 is 0 Å². The van der Waals surface area contributed by atoms with E-state index in [-0.39, 0.29) is 47.7 Å². The quantitative estimate of drug-likeness (QED) is 0.116. The molecule has 6 heteroatoms. The third-order valence-electron chi connectivity index (χ3n) is 5.23. The maximum atomic E-state index is 7.50. The van der Waals surface area contributed by atoms with Gasteiger partial charge in [0.15, 0.2) is 0 Å². The van der Waals surface area contributed by atoms with Crippen LogP contribution in [-0.2, 0) is 24.1 Å². The van der Waals surface area contributed by atoms with Crippen molar-refractivity contribution in [1.29, 1.82) is 0 Å². The summed E-state index contributed by atoms with van der Waals surface area (Å²) < 4.78 is 7.50. The van der Waals surface area contributed by atoms with Gasteiger partial charge >= 0.3 is 30.8 Å². The fraction of sp³-hybridized carbons (Fsp3) is 0.138. The molecule has 0 unspecified atom stereocenters. The molecule has 4 aromatic carbocycles. The van der Waals surface area contributed by atoms with Crippen molar-refractivity contribution in [1.82, 2.24) is 0 Å². The van der Waals surface area contributed by atoms with Crippen molar-refractivity contribution < 1.29 is 36.5 Å². The van der Waals surface area contributed by atoms with Gasteiger partial charge in [-0.2, -0.15) is 0 Å². The summed E-state index contributed by atoms with van der Waals surface area (Å²) in [6.45, 7) is 6.34. The van der Waals surface area contributed by atoms with Gasteiger partial charge in [-0.15, -0.1) is 13.1 Å². The Morgan fingerprint density at radius 3 is 0.943 bits per heavy atom. The van der Waals surface area contributed by atoms with Crippen LogP contribution in [0.5, 0.6) is 0 Å². The van der Waals surface area contributed by atoms with Gasteiger partial charge in [-0.3, -0.25) is 0 Å². The molecule has 2 nitrogen and oxygen atoms in total. The van der Waals surface area contributed by atoms with Gasteiger partial charge in [-0.25, -0.2) is 0 Å². The average Bonchev–Trinajstić information content (AvgIpc) is 2.91. The number of rotatable bonds is 10. The standard InChI is InChI=1S/C28H28NP2.CO.ClH.Ru/c1-5-13-25(14-6-1)30(26-15-7-2-8-16-26)23-21-29-22-24-31(27-17-9-3-10-18-27)28-19-11-4-12-20-28;1-2;;/h1-20H,21-24H2;;1H;/q-1;+1;;+1/p-1. The van der Waals surface area contributed by atoms with Gasteiger partial charge in [0.25, 0.3) is 0 Å². The van der Waals surface area contributed by atoms with Gasteiger partial charge in [0, 0.05) is 0 Å². The van der Waals surface area contributed by atoms with Gasteiger partial charge in [0.1, 0.15) is 0 Å². The molecule has 0 saturated carbocycles. The maximum Gasteiger partial charge on any atom is 1.00 e. The first kappa shape index (κ1) is 31.4. The zero-order valence-electron chi connectivity index (χ0n) is 19.4. The van der Waals surface area contributed by atoms with E-state index in [0.29, 0.717) is 0 Å². The number of nitrogens with zero attached hydrogens (tertiary/aromatic N) is 1. The predicted molar refractivity (Wildman–Crippen MR) is 145 cm³/mol. The Hall–Kier alpha value is -1.65. The van der Waals surface area contributed by atoms with Crippen molar-refractivity contribution in [3.8, 4) is 0 Å². The molecule has 4 aromatic rings. The Labute approximate surface area is 231 Å². The zero-order valence-corrected chi connectivity index (χ0v) is 23.6. The summed E-state index contributed by atoms with van der Waals surface area (Å²) in [6.07, 6.45) is 2.22. The molecule has 0 saturated heterocycles. The van der Waals surface area contributed by atoms with Crippen LogP contribution in [-0.4, -0.2) is 25.4 Å². The van der Waals surface area contributed by atoms with E-state index in [1.165, 1.54) is 21.2 Å². The second-order valence-corrected chi connectivity index (χ2v) is 12.0. The Morgan fingerprint density at radius 2 is 0.714 bits per heavy atom. The molecule has 0 atom stereocenters.